The van der Waals surface area contributed by atoms with E-state index in [4.69, 9.17) is 19.4 Å². The fourth-order valence-corrected chi connectivity index (χ4v) is 9.69. The lowest BCUT2D eigenvalue weighted by atomic mass is 10.00. The van der Waals surface area contributed by atoms with Gasteiger partial charge in [0, 0.05) is 58.4 Å². The Morgan fingerprint density at radius 3 is 1.68 bits per heavy atom. The third-order valence-electron chi connectivity index (χ3n) is 11.1. The van der Waals surface area contributed by atoms with E-state index >= 15 is 0 Å². The summed E-state index contributed by atoms with van der Waals surface area (Å²) in [6, 6.07) is 63.7. The first-order valence-electron chi connectivity index (χ1n) is 19.0. The number of benzene rings is 8. The van der Waals surface area contributed by atoms with Crippen LogP contribution in [0, 0.1) is 0 Å². The Balaban J connectivity index is 0.989. The predicted molar refractivity (Wildman–Crippen MR) is 236 cm³/mol. The molecule has 57 heavy (non-hydrogen) atoms. The second-order valence-electron chi connectivity index (χ2n) is 14.4. The van der Waals surface area contributed by atoms with Crippen LogP contribution in [0.2, 0.25) is 0 Å². The zero-order valence-electron chi connectivity index (χ0n) is 30.4. The lowest BCUT2D eigenvalue weighted by Gasteiger charge is -2.08. The topological polar surface area (TPSA) is 56.7 Å². The van der Waals surface area contributed by atoms with Crippen LogP contribution in [-0.2, 0) is 0 Å². The molecule has 0 spiro atoms. The monoisotopic (exact) mass is 746 g/mol. The molecule has 12 aromatic rings. The normalized spacial score (nSPS) is 11.9. The van der Waals surface area contributed by atoms with E-state index in [-0.39, 0.29) is 0 Å². The summed E-state index contributed by atoms with van der Waals surface area (Å²) < 4.78 is 11.5. The lowest BCUT2D eigenvalue weighted by molar-refractivity contribution is 0.666. The van der Waals surface area contributed by atoms with E-state index in [9.17, 15) is 0 Å². The summed E-state index contributed by atoms with van der Waals surface area (Å²) in [6.07, 6.45) is 0. The first kappa shape index (κ1) is 31.9. The summed E-state index contributed by atoms with van der Waals surface area (Å²) in [4.78, 5) is 14.9. The van der Waals surface area contributed by atoms with Gasteiger partial charge in [-0.3, -0.25) is 0 Å². The molecule has 266 valence electrons. The largest absolute Gasteiger partial charge is 0.454 e. The second kappa shape index (κ2) is 12.6. The number of aromatic nitrogens is 4. The molecule has 4 aromatic heterocycles. The highest BCUT2D eigenvalue weighted by Crippen LogP contribution is 2.44. The Morgan fingerprint density at radius 1 is 0.404 bits per heavy atom. The maximum absolute atomic E-state index is 6.73. The van der Waals surface area contributed by atoms with Crippen LogP contribution in [0.25, 0.3) is 115 Å². The van der Waals surface area contributed by atoms with Crippen molar-refractivity contribution in [2.24, 2.45) is 0 Å². The van der Waals surface area contributed by atoms with Crippen LogP contribution in [0.1, 0.15) is 0 Å². The molecule has 12 rings (SSSR count). The SMILES string of the molecule is c1ccc(-c2nc(-c3ccccc3)nc(-c3ccc4c(c3)sc3c(-c5ccc6oc7c(-n8c9ccccc9c9ccccc98)cccc7c6c5)cccc34)n2)cc1. The van der Waals surface area contributed by atoms with Crippen molar-refractivity contribution >= 4 is 75.3 Å². The molecule has 4 heterocycles. The molecule has 0 saturated carbocycles. The third-order valence-corrected chi connectivity index (χ3v) is 12.3. The van der Waals surface area contributed by atoms with Crippen molar-refractivity contribution in [2.75, 3.05) is 0 Å². The van der Waals surface area contributed by atoms with Crippen molar-refractivity contribution in [1.29, 1.82) is 0 Å². The number of nitrogens with zero attached hydrogens (tertiary/aromatic N) is 4. The third kappa shape index (κ3) is 5.04. The van der Waals surface area contributed by atoms with Gasteiger partial charge in [0.15, 0.2) is 23.1 Å². The van der Waals surface area contributed by atoms with Crippen molar-refractivity contribution in [3.05, 3.63) is 182 Å². The standard InChI is InChI=1S/C51H30N4OS/c1-3-13-31(14-4-1)49-52-50(32-15-5-2-6-16-32)54-51(53-49)34-25-27-38-40-21-11-19-35(48(40)57-46(38)30-34)33-26-28-45-41(29-33)39-20-12-24-44(47(39)56-45)55-42-22-9-7-17-36(42)37-18-8-10-23-43(37)55/h1-30H. The highest BCUT2D eigenvalue weighted by atomic mass is 32.1. The van der Waals surface area contributed by atoms with Crippen molar-refractivity contribution in [3.8, 4) is 51.0 Å². The molecule has 0 aliphatic heterocycles. The molecule has 0 fully saturated rings. The summed E-state index contributed by atoms with van der Waals surface area (Å²) in [5, 5.41) is 7.11. The second-order valence-corrected chi connectivity index (χ2v) is 15.4. The maximum Gasteiger partial charge on any atom is 0.164 e. The van der Waals surface area contributed by atoms with Crippen LogP contribution in [0.3, 0.4) is 0 Å². The lowest BCUT2D eigenvalue weighted by Crippen LogP contribution is -1.99. The number of fused-ring (bicyclic) bond motifs is 9. The van der Waals surface area contributed by atoms with Crippen molar-refractivity contribution in [2.45, 2.75) is 0 Å². The molecular formula is C51H30N4OS. The molecule has 0 aliphatic carbocycles. The Morgan fingerprint density at radius 2 is 0.982 bits per heavy atom. The van der Waals surface area contributed by atoms with Gasteiger partial charge in [-0.1, -0.05) is 146 Å². The van der Waals surface area contributed by atoms with Gasteiger partial charge in [0.05, 0.1) is 16.7 Å². The summed E-state index contributed by atoms with van der Waals surface area (Å²) in [6.45, 7) is 0. The molecule has 0 unspecified atom stereocenters. The number of thiophene rings is 1. The van der Waals surface area contributed by atoms with Gasteiger partial charge in [0.2, 0.25) is 0 Å². The van der Waals surface area contributed by atoms with E-state index in [0.717, 1.165) is 60.9 Å². The zero-order chi connectivity index (χ0) is 37.5. The minimum Gasteiger partial charge on any atom is -0.454 e. The van der Waals surface area contributed by atoms with Crippen LogP contribution in [0.5, 0.6) is 0 Å². The number of rotatable bonds is 5. The van der Waals surface area contributed by atoms with Gasteiger partial charge in [-0.2, -0.15) is 0 Å². The summed E-state index contributed by atoms with van der Waals surface area (Å²) in [5.74, 6) is 1.96. The molecular weight excluding hydrogens is 717 g/mol. The number of furan rings is 1. The van der Waals surface area contributed by atoms with E-state index in [1.807, 2.05) is 72.0 Å². The van der Waals surface area contributed by atoms with Gasteiger partial charge in [0.25, 0.3) is 0 Å². The average molecular weight is 747 g/mol. The molecule has 0 N–H and O–H groups in total. The quantitative estimate of drug-likeness (QED) is 0.176. The minimum atomic E-state index is 0.653. The van der Waals surface area contributed by atoms with E-state index in [1.54, 1.807) is 0 Å². The van der Waals surface area contributed by atoms with Gasteiger partial charge in [-0.25, -0.2) is 15.0 Å². The summed E-state index contributed by atoms with van der Waals surface area (Å²) >= 11 is 1.81. The van der Waals surface area contributed by atoms with Crippen LogP contribution in [-0.4, -0.2) is 19.5 Å². The molecule has 0 atom stereocenters. The zero-order valence-corrected chi connectivity index (χ0v) is 31.2. The van der Waals surface area contributed by atoms with E-state index < -0.39 is 0 Å². The highest BCUT2D eigenvalue weighted by Gasteiger charge is 2.19. The summed E-state index contributed by atoms with van der Waals surface area (Å²) in [5.41, 5.74) is 10.3. The molecule has 6 heteroatoms. The number of para-hydroxylation sites is 3. The van der Waals surface area contributed by atoms with Crippen molar-refractivity contribution in [3.63, 3.8) is 0 Å². The van der Waals surface area contributed by atoms with Crippen LogP contribution >= 0.6 is 11.3 Å². The van der Waals surface area contributed by atoms with Gasteiger partial charge in [-0.05, 0) is 47.5 Å². The predicted octanol–water partition coefficient (Wildman–Crippen LogP) is 13.9. The fourth-order valence-electron chi connectivity index (χ4n) is 8.41. The van der Waals surface area contributed by atoms with Crippen LogP contribution < -0.4 is 0 Å². The summed E-state index contributed by atoms with van der Waals surface area (Å²) in [7, 11) is 0. The average Bonchev–Trinajstić information content (AvgIpc) is 3.96. The molecule has 0 aliphatic rings. The first-order chi connectivity index (χ1) is 28.2. The minimum absolute atomic E-state index is 0.653. The Bertz CT molecular complexity index is 3420. The number of hydrogen-bond acceptors (Lipinski definition) is 5. The molecule has 0 radical (unpaired) electrons. The molecule has 0 amide bonds. The van der Waals surface area contributed by atoms with Crippen molar-refractivity contribution < 1.29 is 4.42 Å². The van der Waals surface area contributed by atoms with Crippen LogP contribution in [0.4, 0.5) is 0 Å². The molecule has 0 saturated heterocycles. The molecule has 8 aromatic carbocycles. The van der Waals surface area contributed by atoms with Gasteiger partial charge < -0.3 is 8.98 Å². The Kier molecular flexibility index (Phi) is 7.03. The Hall–Kier alpha value is -7.41. The highest BCUT2D eigenvalue weighted by molar-refractivity contribution is 7.26. The van der Waals surface area contributed by atoms with E-state index in [0.29, 0.717) is 17.5 Å². The Labute approximate surface area is 330 Å². The first-order valence-corrected chi connectivity index (χ1v) is 19.8. The van der Waals surface area contributed by atoms with Gasteiger partial charge in [-0.15, -0.1) is 11.3 Å². The number of hydrogen-bond donors (Lipinski definition) is 0. The van der Waals surface area contributed by atoms with Gasteiger partial charge >= 0.3 is 0 Å². The van der Waals surface area contributed by atoms with Gasteiger partial charge in [0.1, 0.15) is 5.58 Å². The molecule has 0 bridgehead atoms. The molecule has 5 nitrogen and oxygen atoms in total. The van der Waals surface area contributed by atoms with Crippen LogP contribution in [0.15, 0.2) is 186 Å². The van der Waals surface area contributed by atoms with E-state index in [1.165, 1.54) is 36.5 Å². The van der Waals surface area contributed by atoms with Crippen molar-refractivity contribution in [1.82, 2.24) is 19.5 Å². The smallest absolute Gasteiger partial charge is 0.164 e. The maximum atomic E-state index is 6.73. The fraction of sp³-hybridized carbons (Fsp3) is 0. The van der Waals surface area contributed by atoms with E-state index in [2.05, 4.69) is 126 Å².